The van der Waals surface area contributed by atoms with E-state index in [2.05, 4.69) is 12.1 Å². The van der Waals surface area contributed by atoms with Gasteiger partial charge in [-0.3, -0.25) is 0 Å². The molecule has 1 saturated carbocycles. The van der Waals surface area contributed by atoms with Crippen molar-refractivity contribution in [3.05, 3.63) is 12.0 Å². The summed E-state index contributed by atoms with van der Waals surface area (Å²) in [6, 6.07) is 0. The third kappa shape index (κ3) is 2.08. The predicted molar refractivity (Wildman–Crippen MR) is 53.4 cm³/mol. The fourth-order valence-electron chi connectivity index (χ4n) is 1.95. The van der Waals surface area contributed by atoms with Crippen LogP contribution in [0.3, 0.4) is 0 Å². The van der Waals surface area contributed by atoms with Crippen molar-refractivity contribution in [1.82, 2.24) is 5.16 Å². The van der Waals surface area contributed by atoms with Gasteiger partial charge in [0.05, 0.1) is 6.10 Å². The van der Waals surface area contributed by atoms with Crippen molar-refractivity contribution in [2.75, 3.05) is 0 Å². The second kappa shape index (κ2) is 4.49. The molecule has 0 unspecified atom stereocenters. The van der Waals surface area contributed by atoms with Gasteiger partial charge in [0.25, 0.3) is 0 Å². The van der Waals surface area contributed by atoms with Crippen LogP contribution in [0.15, 0.2) is 10.8 Å². The standard InChI is InChI=1S/C11H17NO2/c1-2-10-11(8-13-12-10)14-9-6-4-3-5-7-9/h8-9H,2-7H2,1H3. The average Bonchev–Trinajstić information content (AvgIpc) is 2.67. The molecule has 1 aliphatic rings. The molecule has 78 valence electrons. The molecule has 0 saturated heterocycles. The van der Waals surface area contributed by atoms with Gasteiger partial charge < -0.3 is 9.26 Å². The van der Waals surface area contributed by atoms with Gasteiger partial charge in [0.2, 0.25) is 0 Å². The summed E-state index contributed by atoms with van der Waals surface area (Å²) in [5.74, 6) is 0.847. The minimum Gasteiger partial charge on any atom is -0.485 e. The second-order valence-corrected chi connectivity index (χ2v) is 3.86. The van der Waals surface area contributed by atoms with Crippen molar-refractivity contribution in [2.24, 2.45) is 0 Å². The Morgan fingerprint density at radius 2 is 2.21 bits per heavy atom. The van der Waals surface area contributed by atoms with Gasteiger partial charge in [-0.05, 0) is 32.1 Å². The first kappa shape index (κ1) is 9.56. The van der Waals surface area contributed by atoms with E-state index in [4.69, 9.17) is 9.26 Å². The van der Waals surface area contributed by atoms with Crippen LogP contribution < -0.4 is 4.74 Å². The summed E-state index contributed by atoms with van der Waals surface area (Å²) in [5.41, 5.74) is 0.940. The van der Waals surface area contributed by atoms with E-state index in [1.165, 1.54) is 32.1 Å². The van der Waals surface area contributed by atoms with E-state index in [0.717, 1.165) is 17.9 Å². The summed E-state index contributed by atoms with van der Waals surface area (Å²) >= 11 is 0. The predicted octanol–water partition coefficient (Wildman–Crippen LogP) is 2.95. The van der Waals surface area contributed by atoms with Gasteiger partial charge in [0.15, 0.2) is 12.0 Å². The van der Waals surface area contributed by atoms with Gasteiger partial charge in [0, 0.05) is 0 Å². The minimum absolute atomic E-state index is 0.383. The Hall–Kier alpha value is -0.990. The minimum atomic E-state index is 0.383. The highest BCUT2D eigenvalue weighted by Crippen LogP contribution is 2.25. The lowest BCUT2D eigenvalue weighted by Gasteiger charge is -2.22. The van der Waals surface area contributed by atoms with Gasteiger partial charge in [-0.15, -0.1) is 0 Å². The molecule has 3 heteroatoms. The first-order valence-corrected chi connectivity index (χ1v) is 5.50. The molecule has 0 aromatic carbocycles. The van der Waals surface area contributed by atoms with Crippen LogP contribution in [0.1, 0.15) is 44.7 Å². The summed E-state index contributed by atoms with van der Waals surface area (Å²) in [7, 11) is 0. The first-order chi connectivity index (χ1) is 6.90. The first-order valence-electron chi connectivity index (χ1n) is 5.50. The Kier molecular flexibility index (Phi) is 3.07. The Morgan fingerprint density at radius 3 is 2.93 bits per heavy atom. The third-order valence-corrected chi connectivity index (χ3v) is 2.79. The van der Waals surface area contributed by atoms with Gasteiger partial charge in [-0.1, -0.05) is 18.5 Å². The number of hydrogen-bond donors (Lipinski definition) is 0. The molecule has 1 heterocycles. The molecule has 0 atom stereocenters. The molecule has 0 radical (unpaired) electrons. The van der Waals surface area contributed by atoms with Crippen LogP contribution in [-0.2, 0) is 6.42 Å². The number of aryl methyl sites for hydroxylation is 1. The number of aromatic nitrogens is 1. The highest BCUT2D eigenvalue weighted by molar-refractivity contribution is 5.22. The van der Waals surface area contributed by atoms with Crippen molar-refractivity contribution in [2.45, 2.75) is 51.6 Å². The quantitative estimate of drug-likeness (QED) is 0.743. The van der Waals surface area contributed by atoms with E-state index in [9.17, 15) is 0 Å². The molecule has 1 aliphatic carbocycles. The average molecular weight is 195 g/mol. The maximum Gasteiger partial charge on any atom is 0.182 e. The zero-order valence-corrected chi connectivity index (χ0v) is 8.66. The van der Waals surface area contributed by atoms with E-state index < -0.39 is 0 Å². The Bertz CT molecular complexity index is 277. The Labute approximate surface area is 84.4 Å². The number of ether oxygens (including phenoxy) is 1. The van der Waals surface area contributed by atoms with E-state index in [-0.39, 0.29) is 0 Å². The topological polar surface area (TPSA) is 35.3 Å². The molecule has 0 N–H and O–H groups in total. The molecule has 1 aromatic heterocycles. The lowest BCUT2D eigenvalue weighted by Crippen LogP contribution is -2.19. The van der Waals surface area contributed by atoms with Crippen molar-refractivity contribution in [1.29, 1.82) is 0 Å². The molecule has 14 heavy (non-hydrogen) atoms. The molecular weight excluding hydrogens is 178 g/mol. The zero-order valence-electron chi connectivity index (χ0n) is 8.66. The van der Waals surface area contributed by atoms with Crippen molar-refractivity contribution in [3.8, 4) is 5.75 Å². The zero-order chi connectivity index (χ0) is 9.80. The molecule has 0 bridgehead atoms. The number of nitrogens with zero attached hydrogens (tertiary/aromatic N) is 1. The fourth-order valence-corrected chi connectivity index (χ4v) is 1.95. The number of hydrogen-bond acceptors (Lipinski definition) is 3. The highest BCUT2D eigenvalue weighted by Gasteiger charge is 2.17. The van der Waals surface area contributed by atoms with Crippen LogP contribution in [0.2, 0.25) is 0 Å². The molecule has 0 amide bonds. The Balaban J connectivity index is 1.95. The van der Waals surface area contributed by atoms with Crippen molar-refractivity contribution >= 4 is 0 Å². The summed E-state index contributed by atoms with van der Waals surface area (Å²) < 4.78 is 10.8. The molecule has 2 rings (SSSR count). The maximum absolute atomic E-state index is 5.86. The smallest absolute Gasteiger partial charge is 0.182 e. The molecule has 0 aliphatic heterocycles. The largest absolute Gasteiger partial charge is 0.485 e. The third-order valence-electron chi connectivity index (χ3n) is 2.79. The van der Waals surface area contributed by atoms with E-state index in [1.54, 1.807) is 6.26 Å². The van der Waals surface area contributed by atoms with E-state index in [1.807, 2.05) is 0 Å². The monoisotopic (exact) mass is 195 g/mol. The molecule has 3 nitrogen and oxygen atoms in total. The van der Waals surface area contributed by atoms with Crippen LogP contribution in [0.5, 0.6) is 5.75 Å². The molecule has 0 spiro atoms. The van der Waals surface area contributed by atoms with Crippen molar-refractivity contribution < 1.29 is 9.26 Å². The lowest BCUT2D eigenvalue weighted by molar-refractivity contribution is 0.152. The normalized spacial score (nSPS) is 18.4. The van der Waals surface area contributed by atoms with Gasteiger partial charge in [-0.2, -0.15) is 0 Å². The summed E-state index contributed by atoms with van der Waals surface area (Å²) in [5, 5.41) is 3.90. The van der Waals surface area contributed by atoms with Crippen LogP contribution in [0.25, 0.3) is 0 Å². The second-order valence-electron chi connectivity index (χ2n) is 3.86. The van der Waals surface area contributed by atoms with Gasteiger partial charge >= 0.3 is 0 Å². The molecular formula is C11H17NO2. The summed E-state index contributed by atoms with van der Waals surface area (Å²) in [4.78, 5) is 0. The van der Waals surface area contributed by atoms with Crippen LogP contribution >= 0.6 is 0 Å². The fraction of sp³-hybridized carbons (Fsp3) is 0.727. The van der Waals surface area contributed by atoms with Gasteiger partial charge in [-0.25, -0.2) is 0 Å². The maximum atomic E-state index is 5.86. The SMILES string of the molecule is CCc1nocc1OC1CCCCC1. The van der Waals surface area contributed by atoms with Crippen LogP contribution in [0.4, 0.5) is 0 Å². The van der Waals surface area contributed by atoms with Gasteiger partial charge in [0.1, 0.15) is 5.69 Å². The van der Waals surface area contributed by atoms with Crippen molar-refractivity contribution in [3.63, 3.8) is 0 Å². The van der Waals surface area contributed by atoms with Crippen LogP contribution in [0, 0.1) is 0 Å². The molecule has 1 fully saturated rings. The lowest BCUT2D eigenvalue weighted by atomic mass is 9.98. The summed E-state index contributed by atoms with van der Waals surface area (Å²) in [6.45, 7) is 2.06. The molecule has 1 aromatic rings. The van der Waals surface area contributed by atoms with Crippen LogP contribution in [-0.4, -0.2) is 11.3 Å². The Morgan fingerprint density at radius 1 is 1.43 bits per heavy atom. The van der Waals surface area contributed by atoms with E-state index in [0.29, 0.717) is 6.10 Å². The van der Waals surface area contributed by atoms with E-state index >= 15 is 0 Å². The summed E-state index contributed by atoms with van der Waals surface area (Å²) in [6.07, 6.45) is 9.15. The number of rotatable bonds is 3. The highest BCUT2D eigenvalue weighted by atomic mass is 16.5.